The minimum Gasteiger partial charge on any atom is -0.444 e. The van der Waals surface area contributed by atoms with Crippen molar-refractivity contribution in [1.82, 2.24) is 10.2 Å². The maximum Gasteiger partial charge on any atom is 0.407 e. The van der Waals surface area contributed by atoms with Gasteiger partial charge >= 0.3 is 6.09 Å². The first kappa shape index (κ1) is 27.9. The van der Waals surface area contributed by atoms with E-state index >= 15 is 0 Å². The van der Waals surface area contributed by atoms with Crippen molar-refractivity contribution in [2.45, 2.75) is 78.4 Å². The van der Waals surface area contributed by atoms with Gasteiger partial charge in [-0.25, -0.2) is 4.79 Å². The Morgan fingerprint density at radius 1 is 1.06 bits per heavy atom. The Bertz CT molecular complexity index is 657. The molecule has 0 aliphatic heterocycles. The van der Waals surface area contributed by atoms with Gasteiger partial charge in [-0.2, -0.15) is 0 Å². The lowest BCUT2D eigenvalue weighted by molar-refractivity contribution is -0.160. The lowest BCUT2D eigenvalue weighted by atomic mass is 10.1. The number of rotatable bonds is 14. The van der Waals surface area contributed by atoms with E-state index in [1.54, 1.807) is 4.90 Å². The molecular formula is C24H41N3O5. The predicted molar refractivity (Wildman–Crippen MR) is 125 cm³/mol. The predicted octanol–water partition coefficient (Wildman–Crippen LogP) is 3.44. The van der Waals surface area contributed by atoms with Crippen molar-refractivity contribution in [3.8, 4) is 0 Å². The zero-order valence-corrected chi connectivity index (χ0v) is 20.3. The molecule has 0 aliphatic carbocycles. The smallest absolute Gasteiger partial charge is 0.407 e. The van der Waals surface area contributed by atoms with Crippen LogP contribution in [-0.2, 0) is 25.5 Å². The highest BCUT2D eigenvalue weighted by Crippen LogP contribution is 2.12. The van der Waals surface area contributed by atoms with E-state index in [0.29, 0.717) is 52.1 Å². The van der Waals surface area contributed by atoms with Crippen LogP contribution in [0.2, 0.25) is 0 Å². The molecule has 0 heterocycles. The van der Waals surface area contributed by atoms with Crippen molar-refractivity contribution < 1.29 is 23.8 Å². The minimum atomic E-state index is -0.635. The number of nitrogens with one attached hydrogen (secondary N) is 1. The first-order valence-electron chi connectivity index (χ1n) is 11.4. The molecular weight excluding hydrogens is 410 g/mol. The lowest BCUT2D eigenvalue weighted by Gasteiger charge is -2.29. The van der Waals surface area contributed by atoms with Crippen LogP contribution in [-0.4, -0.2) is 61.1 Å². The summed E-state index contributed by atoms with van der Waals surface area (Å²) in [6.45, 7) is 11.5. The number of unbranched alkanes of at least 4 members (excludes halogenated alkanes) is 1. The maximum absolute atomic E-state index is 13.1. The third kappa shape index (κ3) is 12.0. The molecule has 0 bridgehead atoms. The number of hydrogen-bond acceptors (Lipinski definition) is 6. The number of amides is 2. The van der Waals surface area contributed by atoms with Crippen LogP contribution in [0.1, 0.15) is 59.4 Å². The van der Waals surface area contributed by atoms with Crippen LogP contribution in [0, 0.1) is 0 Å². The second-order valence-corrected chi connectivity index (χ2v) is 8.58. The van der Waals surface area contributed by atoms with Crippen molar-refractivity contribution in [2.75, 3.05) is 26.3 Å². The third-order valence-electron chi connectivity index (χ3n) is 4.53. The summed E-state index contributed by atoms with van der Waals surface area (Å²) in [5, 5.41) is 2.72. The second-order valence-electron chi connectivity index (χ2n) is 8.58. The van der Waals surface area contributed by atoms with Crippen LogP contribution in [0.4, 0.5) is 4.79 Å². The quantitative estimate of drug-likeness (QED) is 0.332. The van der Waals surface area contributed by atoms with Crippen LogP contribution in [0.25, 0.3) is 0 Å². The van der Waals surface area contributed by atoms with Crippen LogP contribution >= 0.6 is 0 Å². The molecule has 1 aromatic rings. The fourth-order valence-electron chi connectivity index (χ4n) is 3.09. The van der Waals surface area contributed by atoms with Gasteiger partial charge in [0.05, 0.1) is 12.6 Å². The Balaban J connectivity index is 2.59. The number of benzene rings is 1. The van der Waals surface area contributed by atoms with Gasteiger partial charge in [0.2, 0.25) is 5.91 Å². The number of hydrogen-bond donors (Lipinski definition) is 2. The summed E-state index contributed by atoms with van der Waals surface area (Å²) < 4.78 is 16.5. The SMILES string of the molecule is CCOC(CN(Cc1ccccc1)C(=O)C(N)CCCCNC(=O)OC(C)(C)C)OCC. The number of nitrogens with two attached hydrogens (primary N) is 1. The zero-order valence-electron chi connectivity index (χ0n) is 20.3. The van der Waals surface area contributed by atoms with E-state index in [4.69, 9.17) is 19.9 Å². The second kappa shape index (κ2) is 14.8. The standard InChI is InChI=1S/C24H41N3O5/c1-6-30-21(31-7-2)18-27(17-19-13-9-8-10-14-19)22(28)20(25)15-11-12-16-26-23(29)32-24(3,4)5/h8-10,13-14,20-21H,6-7,11-12,15-18,25H2,1-5H3,(H,26,29). The average molecular weight is 452 g/mol. The van der Waals surface area contributed by atoms with E-state index in [2.05, 4.69) is 5.32 Å². The van der Waals surface area contributed by atoms with Crippen molar-refractivity contribution >= 4 is 12.0 Å². The van der Waals surface area contributed by atoms with Crippen LogP contribution in [0.3, 0.4) is 0 Å². The maximum atomic E-state index is 13.1. The van der Waals surface area contributed by atoms with Gasteiger partial charge in [-0.15, -0.1) is 0 Å². The van der Waals surface area contributed by atoms with Gasteiger partial charge in [0.1, 0.15) is 5.60 Å². The molecule has 0 spiro atoms. The first-order chi connectivity index (χ1) is 15.2. The summed E-state index contributed by atoms with van der Waals surface area (Å²) >= 11 is 0. The fraction of sp³-hybridized carbons (Fsp3) is 0.667. The first-order valence-corrected chi connectivity index (χ1v) is 11.4. The minimum absolute atomic E-state index is 0.140. The van der Waals surface area contributed by atoms with Gasteiger partial charge in [0.25, 0.3) is 0 Å². The van der Waals surface area contributed by atoms with E-state index in [0.717, 1.165) is 5.56 Å². The van der Waals surface area contributed by atoms with E-state index in [1.807, 2.05) is 65.0 Å². The Morgan fingerprint density at radius 2 is 1.69 bits per heavy atom. The summed E-state index contributed by atoms with van der Waals surface area (Å²) in [6, 6.07) is 9.14. The fourth-order valence-corrected chi connectivity index (χ4v) is 3.09. The van der Waals surface area contributed by atoms with E-state index in [1.165, 1.54) is 0 Å². The van der Waals surface area contributed by atoms with E-state index in [-0.39, 0.29) is 5.91 Å². The summed E-state index contributed by atoms with van der Waals surface area (Å²) in [5.74, 6) is -0.140. The molecule has 3 N–H and O–H groups in total. The van der Waals surface area contributed by atoms with Crippen LogP contribution in [0.5, 0.6) is 0 Å². The molecule has 1 atom stereocenters. The van der Waals surface area contributed by atoms with Gasteiger partial charge in [0, 0.05) is 26.3 Å². The average Bonchev–Trinajstić information content (AvgIpc) is 2.72. The van der Waals surface area contributed by atoms with Crippen molar-refractivity contribution in [3.05, 3.63) is 35.9 Å². The summed E-state index contributed by atoms with van der Waals surface area (Å²) in [4.78, 5) is 26.5. The molecule has 0 aliphatic rings. The zero-order chi connectivity index (χ0) is 24.0. The molecule has 1 aromatic carbocycles. The van der Waals surface area contributed by atoms with Crippen molar-refractivity contribution in [3.63, 3.8) is 0 Å². The molecule has 0 aromatic heterocycles. The Kier molecular flexibility index (Phi) is 12.9. The highest BCUT2D eigenvalue weighted by atomic mass is 16.7. The van der Waals surface area contributed by atoms with Gasteiger partial charge in [-0.1, -0.05) is 30.3 Å². The summed E-state index contributed by atoms with van der Waals surface area (Å²) in [7, 11) is 0. The molecule has 1 rings (SSSR count). The number of ether oxygens (including phenoxy) is 3. The third-order valence-corrected chi connectivity index (χ3v) is 4.53. The molecule has 0 saturated carbocycles. The summed E-state index contributed by atoms with van der Waals surface area (Å²) in [6.07, 6.45) is 1.00. The highest BCUT2D eigenvalue weighted by Gasteiger charge is 2.24. The highest BCUT2D eigenvalue weighted by molar-refractivity contribution is 5.81. The molecule has 0 fully saturated rings. The number of carbonyl (C=O) groups is 2. The molecule has 32 heavy (non-hydrogen) atoms. The molecule has 0 saturated heterocycles. The normalized spacial score (nSPS) is 12.5. The molecule has 1 unspecified atom stereocenters. The summed E-state index contributed by atoms with van der Waals surface area (Å²) in [5.41, 5.74) is 6.73. The topological polar surface area (TPSA) is 103 Å². The Morgan fingerprint density at radius 3 is 2.25 bits per heavy atom. The van der Waals surface area contributed by atoms with E-state index in [9.17, 15) is 9.59 Å². The number of carbonyl (C=O) groups excluding carboxylic acids is 2. The molecule has 8 heteroatoms. The number of alkyl carbamates (subject to hydrolysis) is 1. The monoisotopic (exact) mass is 451 g/mol. The lowest BCUT2D eigenvalue weighted by Crippen LogP contribution is -2.47. The van der Waals surface area contributed by atoms with Crippen molar-refractivity contribution in [1.29, 1.82) is 0 Å². The molecule has 8 nitrogen and oxygen atoms in total. The van der Waals surface area contributed by atoms with E-state index < -0.39 is 24.0 Å². The molecule has 2 amide bonds. The largest absolute Gasteiger partial charge is 0.444 e. The van der Waals surface area contributed by atoms with Gasteiger partial charge < -0.3 is 30.2 Å². The Hall–Kier alpha value is -2.16. The van der Waals surface area contributed by atoms with Gasteiger partial charge in [0.15, 0.2) is 6.29 Å². The van der Waals surface area contributed by atoms with Crippen LogP contribution in [0.15, 0.2) is 30.3 Å². The van der Waals surface area contributed by atoms with Gasteiger partial charge in [-0.05, 0) is 59.4 Å². The molecule has 182 valence electrons. The molecule has 0 radical (unpaired) electrons. The van der Waals surface area contributed by atoms with Gasteiger partial charge in [-0.3, -0.25) is 4.79 Å². The number of nitrogens with zero attached hydrogens (tertiary/aromatic N) is 1. The Labute approximate surface area is 192 Å². The van der Waals surface area contributed by atoms with Crippen LogP contribution < -0.4 is 11.1 Å². The van der Waals surface area contributed by atoms with Crippen molar-refractivity contribution in [2.24, 2.45) is 5.73 Å².